The summed E-state index contributed by atoms with van der Waals surface area (Å²) in [5.74, 6) is -1.33. The zero-order chi connectivity index (χ0) is 35.7. The van der Waals surface area contributed by atoms with E-state index in [9.17, 15) is 14.4 Å². The zero-order valence-electron chi connectivity index (χ0n) is 26.8. The summed E-state index contributed by atoms with van der Waals surface area (Å²) in [7, 11) is 0. The summed E-state index contributed by atoms with van der Waals surface area (Å²) in [5, 5.41) is 10.2. The molecule has 0 aliphatic heterocycles. The number of ketones is 1. The quantitative estimate of drug-likeness (QED) is 0.0863. The number of anilines is 2. The van der Waals surface area contributed by atoms with Crippen LogP contribution in [0.3, 0.4) is 0 Å². The van der Waals surface area contributed by atoms with Crippen molar-refractivity contribution in [1.82, 2.24) is 15.0 Å². The van der Waals surface area contributed by atoms with Crippen molar-refractivity contribution < 1.29 is 14.4 Å². The first-order chi connectivity index (χ1) is 24.7. The maximum absolute atomic E-state index is 12.3. The summed E-state index contributed by atoms with van der Waals surface area (Å²) in [6, 6.07) is 36.8. The van der Waals surface area contributed by atoms with E-state index in [1.54, 1.807) is 42.5 Å². The molecule has 0 saturated carbocycles. The van der Waals surface area contributed by atoms with E-state index in [0.29, 0.717) is 33.1 Å². The molecule has 0 atom stereocenters. The smallest absolute Gasteiger partial charge is 0.296 e. The molecule has 8 rings (SSSR count). The van der Waals surface area contributed by atoms with Crippen molar-refractivity contribution in [1.29, 1.82) is 0 Å². The zero-order valence-corrected chi connectivity index (χ0v) is 29.1. The van der Waals surface area contributed by atoms with Crippen molar-refractivity contribution in [3.8, 4) is 0 Å². The van der Waals surface area contributed by atoms with Crippen molar-refractivity contribution in [3.63, 3.8) is 0 Å². The van der Waals surface area contributed by atoms with Crippen LogP contribution in [0, 0.1) is 0 Å². The number of aromatic amines is 3. The van der Waals surface area contributed by atoms with E-state index in [1.165, 1.54) is 6.20 Å². The Morgan fingerprint density at radius 1 is 0.549 bits per heavy atom. The number of carbonyl (C=O) groups excluding carboxylic acids is 3. The number of fused-ring (bicyclic) bond motifs is 3. The van der Waals surface area contributed by atoms with Gasteiger partial charge in [-0.25, -0.2) is 0 Å². The van der Waals surface area contributed by atoms with E-state index in [-0.39, 0.29) is 5.91 Å². The van der Waals surface area contributed by atoms with E-state index >= 15 is 0 Å². The Kier molecular flexibility index (Phi) is 11.2. The topological polar surface area (TPSA) is 123 Å². The van der Waals surface area contributed by atoms with Gasteiger partial charge in [0, 0.05) is 77.7 Å². The lowest BCUT2D eigenvalue weighted by atomic mass is 10.1. The molecule has 0 spiro atoms. The number of para-hydroxylation sites is 2. The highest BCUT2D eigenvalue weighted by Gasteiger charge is 2.20. The fourth-order valence-electron chi connectivity index (χ4n) is 5.33. The van der Waals surface area contributed by atoms with Crippen molar-refractivity contribution in [3.05, 3.63) is 166 Å². The molecular weight excluding hydrogens is 705 g/mol. The SMILES string of the molecule is Clc1ccc2[nH]ccc2c1.O=C(Cc1c[nH]c2ccc(Cl)cc12)Nc1ccccc1.O=C(Nc1ccccc1)C(=O)c1c[nH]c2ccc(Cl)cc12. The first-order valence-electron chi connectivity index (χ1n) is 15.7. The molecule has 254 valence electrons. The number of H-pyrrole nitrogens is 3. The van der Waals surface area contributed by atoms with Crippen LogP contribution in [0.1, 0.15) is 15.9 Å². The predicted octanol–water partition coefficient (Wildman–Crippen LogP) is 10.5. The highest BCUT2D eigenvalue weighted by atomic mass is 35.5. The minimum Gasteiger partial charge on any atom is -0.361 e. The summed E-state index contributed by atoms with van der Waals surface area (Å²) in [6.45, 7) is 0. The lowest BCUT2D eigenvalue weighted by Crippen LogP contribution is -2.22. The lowest BCUT2D eigenvalue weighted by molar-refractivity contribution is -0.115. The van der Waals surface area contributed by atoms with Gasteiger partial charge in [0.2, 0.25) is 5.91 Å². The first-order valence-corrected chi connectivity index (χ1v) is 16.9. The van der Waals surface area contributed by atoms with Crippen LogP contribution in [0.5, 0.6) is 0 Å². The van der Waals surface area contributed by atoms with Gasteiger partial charge in [0.25, 0.3) is 11.7 Å². The lowest BCUT2D eigenvalue weighted by Gasteiger charge is -2.04. The molecule has 8 nitrogen and oxygen atoms in total. The first kappa shape index (κ1) is 35.0. The molecule has 2 amide bonds. The molecule has 5 aromatic carbocycles. The van der Waals surface area contributed by atoms with Crippen molar-refractivity contribution in [2.75, 3.05) is 10.6 Å². The Morgan fingerprint density at radius 3 is 1.76 bits per heavy atom. The molecule has 0 radical (unpaired) electrons. The maximum Gasteiger partial charge on any atom is 0.296 e. The molecule has 0 aliphatic rings. The molecule has 0 saturated heterocycles. The third kappa shape index (κ3) is 9.06. The van der Waals surface area contributed by atoms with Gasteiger partial charge in [-0.15, -0.1) is 0 Å². The number of Topliss-reactive ketones (excluding diaryl/α,β-unsaturated/α-hetero) is 1. The van der Waals surface area contributed by atoms with Gasteiger partial charge in [-0.2, -0.15) is 0 Å². The Hall–Kier alpha value is -5.80. The second-order valence-corrected chi connectivity index (χ2v) is 12.7. The maximum atomic E-state index is 12.3. The van der Waals surface area contributed by atoms with Crippen LogP contribution in [-0.4, -0.2) is 32.5 Å². The number of amides is 2. The molecule has 0 fully saturated rings. The number of hydrogen-bond donors (Lipinski definition) is 5. The number of nitrogens with one attached hydrogen (secondary N) is 5. The molecule has 0 bridgehead atoms. The Balaban J connectivity index is 0.000000140. The number of hydrogen-bond acceptors (Lipinski definition) is 3. The van der Waals surface area contributed by atoms with Gasteiger partial charge in [0.05, 0.1) is 12.0 Å². The molecule has 5 N–H and O–H groups in total. The van der Waals surface area contributed by atoms with Crippen LogP contribution >= 0.6 is 34.8 Å². The van der Waals surface area contributed by atoms with Crippen LogP contribution in [0.2, 0.25) is 15.1 Å². The van der Waals surface area contributed by atoms with E-state index < -0.39 is 11.7 Å². The number of halogens is 3. The number of aromatic nitrogens is 3. The van der Waals surface area contributed by atoms with Crippen molar-refractivity contribution in [2.45, 2.75) is 6.42 Å². The van der Waals surface area contributed by atoms with Crippen molar-refractivity contribution >= 4 is 96.5 Å². The number of benzene rings is 5. The monoisotopic (exact) mass is 733 g/mol. The van der Waals surface area contributed by atoms with Gasteiger partial charge in [0.1, 0.15) is 0 Å². The normalized spacial score (nSPS) is 10.6. The Labute approximate surface area is 307 Å². The third-order valence-corrected chi connectivity index (χ3v) is 8.48. The highest BCUT2D eigenvalue weighted by Crippen LogP contribution is 2.24. The molecule has 0 aliphatic carbocycles. The average molecular weight is 735 g/mol. The molecule has 3 heterocycles. The highest BCUT2D eigenvalue weighted by molar-refractivity contribution is 6.48. The van der Waals surface area contributed by atoms with E-state index in [4.69, 9.17) is 34.8 Å². The van der Waals surface area contributed by atoms with Gasteiger partial charge in [0.15, 0.2) is 0 Å². The van der Waals surface area contributed by atoms with Gasteiger partial charge in [-0.1, -0.05) is 71.2 Å². The van der Waals surface area contributed by atoms with Crippen LogP contribution in [0.15, 0.2) is 140 Å². The standard InChI is InChI=1S/C16H11ClN2O2.C16H13ClN2O.C8H6ClN/c17-10-6-7-14-12(8-10)13(9-18-14)15(20)16(21)19-11-4-2-1-3-5-11;17-12-6-7-15-14(9-12)11(10-18-15)8-16(20)19-13-4-2-1-3-5-13;9-7-1-2-8-6(5-7)3-4-10-8/h1-9,18H,(H,19,21);1-7,9-10,18H,8H2,(H,19,20);1-5,10H. The summed E-state index contributed by atoms with van der Waals surface area (Å²) < 4.78 is 0. The number of carbonyl (C=O) groups is 3. The fourth-order valence-corrected chi connectivity index (χ4v) is 5.86. The largest absolute Gasteiger partial charge is 0.361 e. The molecule has 0 unspecified atom stereocenters. The minimum atomic E-state index is -0.679. The van der Waals surface area contributed by atoms with Gasteiger partial charge >= 0.3 is 0 Å². The second-order valence-electron chi connectivity index (χ2n) is 11.3. The molecule has 51 heavy (non-hydrogen) atoms. The summed E-state index contributed by atoms with van der Waals surface area (Å²) in [4.78, 5) is 45.5. The van der Waals surface area contributed by atoms with Gasteiger partial charge in [-0.3, -0.25) is 14.4 Å². The van der Waals surface area contributed by atoms with Crippen LogP contribution in [0.4, 0.5) is 11.4 Å². The second kappa shape index (κ2) is 16.3. The van der Waals surface area contributed by atoms with E-state index in [2.05, 4.69) is 25.6 Å². The van der Waals surface area contributed by atoms with Gasteiger partial charge in [-0.05, 0) is 90.5 Å². The van der Waals surface area contributed by atoms with E-state index in [1.807, 2.05) is 91.3 Å². The summed E-state index contributed by atoms with van der Waals surface area (Å²) in [6.07, 6.45) is 5.59. The molecule has 11 heteroatoms. The van der Waals surface area contributed by atoms with Crippen LogP contribution in [0.25, 0.3) is 32.7 Å². The average Bonchev–Trinajstić information content (AvgIpc) is 3.88. The number of rotatable bonds is 6. The minimum absolute atomic E-state index is 0.0444. The van der Waals surface area contributed by atoms with Crippen LogP contribution in [-0.2, 0) is 16.0 Å². The molecular formula is C40H30Cl3N5O3. The van der Waals surface area contributed by atoms with Gasteiger partial charge < -0.3 is 25.6 Å². The predicted molar refractivity (Wildman–Crippen MR) is 208 cm³/mol. The fraction of sp³-hybridized carbons (Fsp3) is 0.0250. The van der Waals surface area contributed by atoms with Crippen LogP contribution < -0.4 is 10.6 Å². The van der Waals surface area contributed by atoms with E-state index in [0.717, 1.165) is 43.6 Å². The summed E-state index contributed by atoms with van der Waals surface area (Å²) in [5.41, 5.74) is 5.50. The van der Waals surface area contributed by atoms with Crippen molar-refractivity contribution in [2.24, 2.45) is 0 Å². The molecule has 3 aromatic heterocycles. The Morgan fingerprint density at radius 2 is 1.10 bits per heavy atom. The third-order valence-electron chi connectivity index (χ3n) is 7.78. The molecule has 8 aromatic rings. The Bertz CT molecular complexity index is 2450. The summed E-state index contributed by atoms with van der Waals surface area (Å²) >= 11 is 17.7.